The van der Waals surface area contributed by atoms with Gasteiger partial charge in [-0.1, -0.05) is 38.1 Å². The molecule has 0 saturated carbocycles. The third-order valence-corrected chi connectivity index (χ3v) is 6.70. The minimum absolute atomic E-state index is 0.0523. The first kappa shape index (κ1) is 19.0. The number of rotatable bonds is 4. The van der Waals surface area contributed by atoms with E-state index in [1.807, 2.05) is 5.38 Å². The van der Waals surface area contributed by atoms with E-state index in [0.717, 1.165) is 16.3 Å². The lowest BCUT2D eigenvalue weighted by Crippen LogP contribution is -2.35. The molecule has 140 valence electrons. The maximum absolute atomic E-state index is 12.5. The van der Waals surface area contributed by atoms with Gasteiger partial charge in [-0.2, -0.15) is 0 Å². The molecule has 0 atom stereocenters. The quantitative estimate of drug-likeness (QED) is 0.864. The molecular weight excluding hydrogens is 370 g/mol. The molecule has 0 aliphatic carbocycles. The molecule has 1 saturated heterocycles. The molecule has 26 heavy (non-hydrogen) atoms. The maximum Gasteiger partial charge on any atom is 0.228 e. The molecule has 2 aromatic rings. The Balaban J connectivity index is 1.65. The number of aromatic nitrogens is 1. The van der Waals surface area contributed by atoms with Gasteiger partial charge in [-0.3, -0.25) is 4.79 Å². The van der Waals surface area contributed by atoms with Crippen molar-refractivity contribution in [3.8, 4) is 10.6 Å². The fraction of sp³-hybridized carbons (Fsp3) is 0.444. The molecule has 1 amide bonds. The van der Waals surface area contributed by atoms with Crippen LogP contribution in [0, 0.1) is 0 Å². The maximum atomic E-state index is 12.5. The molecule has 0 unspecified atom stereocenters. The lowest BCUT2D eigenvalue weighted by atomic mass is 10.0. The molecular formula is C18H23N3O3S2. The van der Waals surface area contributed by atoms with Gasteiger partial charge in [0.2, 0.25) is 15.9 Å². The molecule has 0 radical (unpaired) electrons. The first-order valence-corrected chi connectivity index (χ1v) is 11.2. The number of hydrogen-bond donors (Lipinski definition) is 1. The summed E-state index contributed by atoms with van der Waals surface area (Å²) in [6.45, 7) is 5.20. The molecule has 1 aliphatic rings. The monoisotopic (exact) mass is 393 g/mol. The Hall–Kier alpha value is -1.77. The zero-order valence-corrected chi connectivity index (χ0v) is 16.6. The minimum atomic E-state index is -3.26. The van der Waals surface area contributed by atoms with E-state index >= 15 is 0 Å². The van der Waals surface area contributed by atoms with Gasteiger partial charge in [-0.05, 0) is 11.5 Å². The molecule has 6 nitrogen and oxygen atoms in total. The molecule has 1 N–H and O–H groups in total. The summed E-state index contributed by atoms with van der Waals surface area (Å²) in [5, 5.41) is 2.79. The van der Waals surface area contributed by atoms with E-state index in [1.54, 1.807) is 4.90 Å². The van der Waals surface area contributed by atoms with E-state index in [9.17, 15) is 13.2 Å². The molecule has 3 rings (SSSR count). The van der Waals surface area contributed by atoms with E-state index in [4.69, 9.17) is 0 Å². The number of nitrogens with one attached hydrogen (secondary N) is 1. The number of carbonyl (C=O) groups is 1. The lowest BCUT2D eigenvalue weighted by Gasteiger charge is -2.18. The number of amides is 1. The summed E-state index contributed by atoms with van der Waals surface area (Å²) in [6.07, 6.45) is 0.195. The third-order valence-electron chi connectivity index (χ3n) is 4.39. The number of hydrogen-bond acceptors (Lipinski definition) is 5. The molecule has 0 spiro atoms. The van der Waals surface area contributed by atoms with Gasteiger partial charge in [0.15, 0.2) is 0 Å². The van der Waals surface area contributed by atoms with Crippen molar-refractivity contribution in [3.05, 3.63) is 40.9 Å². The zero-order valence-electron chi connectivity index (χ0n) is 14.9. The smallest absolute Gasteiger partial charge is 0.228 e. The summed E-state index contributed by atoms with van der Waals surface area (Å²) >= 11 is 1.52. The molecule has 8 heteroatoms. The minimum Gasteiger partial charge on any atom is -0.340 e. The van der Waals surface area contributed by atoms with Gasteiger partial charge in [-0.15, -0.1) is 11.3 Å². The highest BCUT2D eigenvalue weighted by molar-refractivity contribution is 7.89. The van der Waals surface area contributed by atoms with Crippen LogP contribution in [-0.2, 0) is 21.2 Å². The number of sulfonamides is 1. The second-order valence-electron chi connectivity index (χ2n) is 6.69. The predicted molar refractivity (Wildman–Crippen MR) is 104 cm³/mol. The van der Waals surface area contributed by atoms with Crippen molar-refractivity contribution >= 4 is 27.3 Å². The van der Waals surface area contributed by atoms with Crippen LogP contribution in [-0.4, -0.2) is 49.6 Å². The van der Waals surface area contributed by atoms with Gasteiger partial charge < -0.3 is 4.90 Å². The van der Waals surface area contributed by atoms with Crippen molar-refractivity contribution in [2.45, 2.75) is 26.2 Å². The van der Waals surface area contributed by atoms with E-state index < -0.39 is 10.0 Å². The lowest BCUT2D eigenvalue weighted by molar-refractivity contribution is -0.130. The summed E-state index contributed by atoms with van der Waals surface area (Å²) in [5.74, 6) is 0.347. The van der Waals surface area contributed by atoms with E-state index in [1.165, 1.54) is 16.9 Å². The Labute approximate surface area is 158 Å². The van der Waals surface area contributed by atoms with Crippen LogP contribution in [0.3, 0.4) is 0 Å². The summed E-state index contributed by atoms with van der Waals surface area (Å²) in [6, 6.07) is 8.34. The van der Waals surface area contributed by atoms with Crippen molar-refractivity contribution in [2.75, 3.05) is 25.4 Å². The second kappa shape index (κ2) is 7.85. The van der Waals surface area contributed by atoms with Crippen molar-refractivity contribution in [3.63, 3.8) is 0 Å². The topological polar surface area (TPSA) is 79.4 Å². The summed E-state index contributed by atoms with van der Waals surface area (Å²) < 4.78 is 25.6. The van der Waals surface area contributed by atoms with Gasteiger partial charge in [-0.25, -0.2) is 18.1 Å². The van der Waals surface area contributed by atoms with Crippen LogP contribution in [0.15, 0.2) is 29.6 Å². The molecule has 1 aromatic carbocycles. The second-order valence-corrected chi connectivity index (χ2v) is 9.48. The van der Waals surface area contributed by atoms with Crippen molar-refractivity contribution in [2.24, 2.45) is 0 Å². The van der Waals surface area contributed by atoms with Crippen LogP contribution < -0.4 is 4.72 Å². The molecule has 1 aliphatic heterocycles. The number of carbonyl (C=O) groups excluding carboxylic acids is 1. The molecule has 0 bridgehead atoms. The van der Waals surface area contributed by atoms with Crippen LogP contribution in [0.2, 0.25) is 0 Å². The van der Waals surface area contributed by atoms with Gasteiger partial charge in [0.1, 0.15) is 5.01 Å². The normalized spacial score (nSPS) is 17.3. The van der Waals surface area contributed by atoms with Crippen molar-refractivity contribution in [1.82, 2.24) is 14.6 Å². The van der Waals surface area contributed by atoms with Crippen LogP contribution in [0.1, 0.15) is 31.0 Å². The largest absolute Gasteiger partial charge is 0.340 e. The van der Waals surface area contributed by atoms with E-state index in [0.29, 0.717) is 12.5 Å². The summed E-state index contributed by atoms with van der Waals surface area (Å²) in [5.41, 5.74) is 3.05. The van der Waals surface area contributed by atoms with Crippen LogP contribution in [0.5, 0.6) is 0 Å². The Kier molecular flexibility index (Phi) is 5.74. The van der Waals surface area contributed by atoms with Gasteiger partial charge >= 0.3 is 0 Å². The van der Waals surface area contributed by atoms with E-state index in [2.05, 4.69) is 47.8 Å². The average molecular weight is 394 g/mol. The highest BCUT2D eigenvalue weighted by atomic mass is 32.2. The Morgan fingerprint density at radius 3 is 2.69 bits per heavy atom. The summed E-state index contributed by atoms with van der Waals surface area (Å²) in [4.78, 5) is 18.6. The fourth-order valence-electron chi connectivity index (χ4n) is 2.80. The fourth-order valence-corrected chi connectivity index (χ4v) is 4.63. The summed E-state index contributed by atoms with van der Waals surface area (Å²) in [7, 11) is -3.26. The Morgan fingerprint density at radius 1 is 1.27 bits per heavy atom. The number of thiazole rings is 1. The average Bonchev–Trinajstić information content (AvgIpc) is 2.98. The van der Waals surface area contributed by atoms with Crippen molar-refractivity contribution < 1.29 is 13.2 Å². The van der Waals surface area contributed by atoms with Crippen molar-refractivity contribution in [1.29, 1.82) is 0 Å². The highest BCUT2D eigenvalue weighted by Gasteiger charge is 2.22. The standard InChI is InChI=1S/C18H23N3O3S2/c1-13(2)14-3-5-15(6-4-14)18-20-16(12-25-18)11-17(22)21-8-7-19-26(23,24)10-9-21/h3-6,12-13,19H,7-11H2,1-2H3. The molecule has 1 fully saturated rings. The van der Waals surface area contributed by atoms with Gasteiger partial charge in [0.25, 0.3) is 0 Å². The van der Waals surface area contributed by atoms with Crippen LogP contribution >= 0.6 is 11.3 Å². The highest BCUT2D eigenvalue weighted by Crippen LogP contribution is 2.26. The predicted octanol–water partition coefficient (Wildman–Crippen LogP) is 2.24. The first-order chi connectivity index (χ1) is 12.3. The van der Waals surface area contributed by atoms with Crippen LogP contribution in [0.25, 0.3) is 10.6 Å². The first-order valence-electron chi connectivity index (χ1n) is 8.64. The Morgan fingerprint density at radius 2 is 2.00 bits per heavy atom. The number of nitrogens with zero attached hydrogens (tertiary/aromatic N) is 2. The van der Waals surface area contributed by atoms with Crippen LogP contribution in [0.4, 0.5) is 0 Å². The number of benzene rings is 1. The van der Waals surface area contributed by atoms with Gasteiger partial charge in [0.05, 0.1) is 17.9 Å². The SMILES string of the molecule is CC(C)c1ccc(-c2nc(CC(=O)N3CCNS(=O)(=O)CC3)cs2)cc1. The molecule has 2 heterocycles. The Bertz CT molecular complexity index is 873. The third kappa shape index (κ3) is 4.69. The molecule has 1 aromatic heterocycles. The van der Waals surface area contributed by atoms with E-state index in [-0.39, 0.29) is 31.2 Å². The zero-order chi connectivity index (χ0) is 18.7. The van der Waals surface area contributed by atoms with Gasteiger partial charge in [0, 0.05) is 30.6 Å².